The average Bonchev–Trinajstić information content (AvgIpc) is 2.96. The quantitative estimate of drug-likeness (QED) is 0.804. The summed E-state index contributed by atoms with van der Waals surface area (Å²) in [7, 11) is 0. The number of nitrogens with zero attached hydrogens (tertiary/aromatic N) is 4. The van der Waals surface area contributed by atoms with E-state index in [1.54, 1.807) is 24.5 Å². The van der Waals surface area contributed by atoms with Crippen LogP contribution in [0.3, 0.4) is 0 Å². The van der Waals surface area contributed by atoms with Crippen molar-refractivity contribution in [2.45, 2.75) is 13.8 Å². The topological polar surface area (TPSA) is 80.7 Å². The number of carbonyl (C=O) groups excluding carboxylic acids is 1. The number of aryl methyl sites for hydroxylation is 2. The fourth-order valence-electron chi connectivity index (χ4n) is 1.87. The summed E-state index contributed by atoms with van der Waals surface area (Å²) in [4.78, 5) is 28.8. The second-order valence-corrected chi connectivity index (χ2v) is 5.56. The van der Waals surface area contributed by atoms with Crippen molar-refractivity contribution >= 4 is 22.4 Å². The number of hydrogen-bond donors (Lipinski definition) is 1. The van der Waals surface area contributed by atoms with Gasteiger partial charge in [0.15, 0.2) is 5.13 Å². The first-order valence-electron chi connectivity index (χ1n) is 6.60. The van der Waals surface area contributed by atoms with E-state index in [-0.39, 0.29) is 5.91 Å². The third kappa shape index (κ3) is 2.99. The molecule has 0 saturated heterocycles. The Morgan fingerprint density at radius 1 is 1.18 bits per heavy atom. The number of thiazole rings is 1. The normalized spacial score (nSPS) is 10.5. The number of amides is 1. The Morgan fingerprint density at radius 3 is 2.77 bits per heavy atom. The van der Waals surface area contributed by atoms with Gasteiger partial charge < -0.3 is 0 Å². The molecule has 3 aromatic heterocycles. The predicted octanol–water partition coefficient (Wildman–Crippen LogP) is 2.86. The zero-order chi connectivity index (χ0) is 15.5. The van der Waals surface area contributed by atoms with Crippen molar-refractivity contribution in [1.29, 1.82) is 0 Å². The molecule has 0 fully saturated rings. The number of carbonyl (C=O) groups is 1. The molecule has 3 rings (SSSR count). The van der Waals surface area contributed by atoms with E-state index in [0.717, 1.165) is 22.6 Å². The molecular weight excluding hydrogens is 298 g/mol. The lowest BCUT2D eigenvalue weighted by Crippen LogP contribution is -2.12. The lowest BCUT2D eigenvalue weighted by Gasteiger charge is -2.02. The highest BCUT2D eigenvalue weighted by Gasteiger charge is 2.11. The summed E-state index contributed by atoms with van der Waals surface area (Å²) in [6, 6.07) is 3.54. The average molecular weight is 311 g/mol. The number of nitrogens with one attached hydrogen (secondary N) is 1. The lowest BCUT2D eigenvalue weighted by molar-refractivity contribution is 0.102. The molecule has 3 aromatic rings. The van der Waals surface area contributed by atoms with E-state index in [4.69, 9.17) is 0 Å². The molecule has 7 heteroatoms. The molecule has 22 heavy (non-hydrogen) atoms. The summed E-state index contributed by atoms with van der Waals surface area (Å²) in [5, 5.41) is 5.18. The van der Waals surface area contributed by atoms with Gasteiger partial charge in [-0.25, -0.2) is 15.0 Å². The van der Waals surface area contributed by atoms with Crippen molar-refractivity contribution in [1.82, 2.24) is 19.9 Å². The van der Waals surface area contributed by atoms with E-state index in [9.17, 15) is 4.79 Å². The smallest absolute Gasteiger partial charge is 0.259 e. The Balaban J connectivity index is 1.78. The van der Waals surface area contributed by atoms with Gasteiger partial charge in [0.1, 0.15) is 6.33 Å². The van der Waals surface area contributed by atoms with Crippen LogP contribution < -0.4 is 5.32 Å². The van der Waals surface area contributed by atoms with E-state index in [0.29, 0.717) is 10.7 Å². The third-order valence-corrected chi connectivity index (χ3v) is 3.84. The summed E-state index contributed by atoms with van der Waals surface area (Å²) in [5.74, 6) is -0.227. The van der Waals surface area contributed by atoms with Crippen LogP contribution in [-0.4, -0.2) is 25.8 Å². The Kier molecular flexibility index (Phi) is 3.88. The highest BCUT2D eigenvalue weighted by molar-refractivity contribution is 7.14. The largest absolute Gasteiger partial charge is 0.298 e. The van der Waals surface area contributed by atoms with Crippen LogP contribution in [0.1, 0.15) is 21.7 Å². The maximum atomic E-state index is 12.1. The van der Waals surface area contributed by atoms with Crippen LogP contribution in [0, 0.1) is 13.8 Å². The van der Waals surface area contributed by atoms with E-state index in [2.05, 4.69) is 25.3 Å². The summed E-state index contributed by atoms with van der Waals surface area (Å²) in [6.07, 6.45) is 4.76. The molecule has 0 aromatic carbocycles. The van der Waals surface area contributed by atoms with Crippen molar-refractivity contribution in [2.75, 3.05) is 5.32 Å². The number of hydrogen-bond acceptors (Lipinski definition) is 6. The highest BCUT2D eigenvalue weighted by atomic mass is 32.1. The van der Waals surface area contributed by atoms with Gasteiger partial charge in [-0.3, -0.25) is 15.1 Å². The monoisotopic (exact) mass is 311 g/mol. The molecule has 0 spiro atoms. The first-order chi connectivity index (χ1) is 10.6. The van der Waals surface area contributed by atoms with E-state index < -0.39 is 0 Å². The number of pyridine rings is 1. The van der Waals surface area contributed by atoms with Gasteiger partial charge in [0.25, 0.3) is 5.91 Å². The minimum atomic E-state index is -0.227. The first kappa shape index (κ1) is 14.3. The standard InChI is InChI=1S/C15H13N5OS/c1-9-3-4-11(5-17-9)14(21)20-15-19-13(7-22-15)12-6-16-8-18-10(12)2/h3-8H,1-2H3,(H,19,20,21). The van der Waals surface area contributed by atoms with Gasteiger partial charge in [-0.1, -0.05) is 0 Å². The fraction of sp³-hybridized carbons (Fsp3) is 0.133. The summed E-state index contributed by atoms with van der Waals surface area (Å²) in [5.41, 5.74) is 3.83. The second-order valence-electron chi connectivity index (χ2n) is 4.70. The zero-order valence-corrected chi connectivity index (χ0v) is 12.9. The molecule has 3 heterocycles. The minimum Gasteiger partial charge on any atom is -0.298 e. The molecule has 1 amide bonds. The van der Waals surface area contributed by atoms with Crippen molar-refractivity contribution in [3.8, 4) is 11.3 Å². The summed E-state index contributed by atoms with van der Waals surface area (Å²) in [6.45, 7) is 3.77. The molecule has 0 atom stereocenters. The molecule has 110 valence electrons. The molecule has 0 aliphatic rings. The van der Waals surface area contributed by atoms with E-state index in [1.807, 2.05) is 19.2 Å². The Bertz CT molecular complexity index is 813. The van der Waals surface area contributed by atoms with Gasteiger partial charge in [-0.2, -0.15) is 0 Å². The molecule has 0 bridgehead atoms. The number of rotatable bonds is 3. The van der Waals surface area contributed by atoms with Gasteiger partial charge in [0.05, 0.1) is 17.0 Å². The van der Waals surface area contributed by atoms with Gasteiger partial charge in [-0.05, 0) is 26.0 Å². The first-order valence-corrected chi connectivity index (χ1v) is 7.48. The van der Waals surface area contributed by atoms with Crippen LogP contribution >= 0.6 is 11.3 Å². The van der Waals surface area contributed by atoms with Gasteiger partial charge in [0.2, 0.25) is 0 Å². The molecule has 0 saturated carbocycles. The van der Waals surface area contributed by atoms with Crippen LogP contribution in [0.2, 0.25) is 0 Å². The highest BCUT2D eigenvalue weighted by Crippen LogP contribution is 2.26. The molecule has 0 aliphatic carbocycles. The predicted molar refractivity (Wildman–Crippen MR) is 84.8 cm³/mol. The molecule has 0 unspecified atom stereocenters. The molecule has 1 N–H and O–H groups in total. The summed E-state index contributed by atoms with van der Waals surface area (Å²) >= 11 is 1.36. The van der Waals surface area contributed by atoms with Gasteiger partial charge >= 0.3 is 0 Å². The Morgan fingerprint density at radius 2 is 2.05 bits per heavy atom. The molecule has 6 nitrogen and oxygen atoms in total. The maximum Gasteiger partial charge on any atom is 0.259 e. The lowest BCUT2D eigenvalue weighted by atomic mass is 10.2. The zero-order valence-electron chi connectivity index (χ0n) is 12.1. The molecule has 0 radical (unpaired) electrons. The van der Waals surface area contributed by atoms with Gasteiger partial charge in [-0.15, -0.1) is 11.3 Å². The van der Waals surface area contributed by atoms with Crippen LogP contribution in [0.4, 0.5) is 5.13 Å². The molecule has 0 aliphatic heterocycles. The number of aromatic nitrogens is 4. The minimum absolute atomic E-state index is 0.227. The van der Waals surface area contributed by atoms with Crippen molar-refractivity contribution < 1.29 is 4.79 Å². The van der Waals surface area contributed by atoms with Crippen molar-refractivity contribution in [2.24, 2.45) is 0 Å². The maximum absolute atomic E-state index is 12.1. The fourth-order valence-corrected chi connectivity index (χ4v) is 2.57. The van der Waals surface area contributed by atoms with E-state index >= 15 is 0 Å². The second kappa shape index (κ2) is 5.98. The van der Waals surface area contributed by atoms with Crippen molar-refractivity contribution in [3.05, 3.63) is 53.2 Å². The van der Waals surface area contributed by atoms with Crippen LogP contribution in [0.5, 0.6) is 0 Å². The number of anilines is 1. The molecular formula is C15H13N5OS. The van der Waals surface area contributed by atoms with Crippen LogP contribution in [0.25, 0.3) is 11.3 Å². The Labute approximate surface area is 131 Å². The SMILES string of the molecule is Cc1ccc(C(=O)Nc2nc(-c3cncnc3C)cs2)cn1. The van der Waals surface area contributed by atoms with Crippen LogP contribution in [0.15, 0.2) is 36.2 Å². The van der Waals surface area contributed by atoms with Crippen LogP contribution in [-0.2, 0) is 0 Å². The van der Waals surface area contributed by atoms with E-state index in [1.165, 1.54) is 17.7 Å². The third-order valence-electron chi connectivity index (χ3n) is 3.09. The Hall–Kier alpha value is -2.67. The van der Waals surface area contributed by atoms with Gasteiger partial charge in [0, 0.05) is 29.0 Å². The van der Waals surface area contributed by atoms with Crippen molar-refractivity contribution in [3.63, 3.8) is 0 Å². The summed E-state index contributed by atoms with van der Waals surface area (Å²) < 4.78 is 0.